The van der Waals surface area contributed by atoms with Crippen molar-refractivity contribution in [3.8, 4) is 17.0 Å². The molecular weight excluding hydrogens is 487 g/mol. The Balaban J connectivity index is 0.000000287. The molecule has 2 aromatic heterocycles. The van der Waals surface area contributed by atoms with E-state index in [1.165, 1.54) is 24.7 Å². The van der Waals surface area contributed by atoms with Crippen LogP contribution in [0.4, 0.5) is 16.0 Å². The minimum Gasteiger partial charge on any atom is -0.484 e. The molecule has 0 saturated carbocycles. The van der Waals surface area contributed by atoms with Crippen LogP contribution in [0.3, 0.4) is 0 Å². The summed E-state index contributed by atoms with van der Waals surface area (Å²) < 4.78 is 21.0. The Morgan fingerprint density at radius 1 is 0.871 bits per heavy atom. The minimum atomic E-state index is -0.576. The number of anilines is 2. The standard InChI is InChI=1S/C17H13ClFN3O.C4H4BrN3/c18-13-7-6-12(14-8-22-15(20)9-21-14)16(19)17(13)23-10-11-4-2-1-3-5-11;5-3-1-8-4(6)2-7-3/h1-9H,10H2,(H2,20,22);1-2H,(H2,6,8). The Bertz CT molecular complexity index is 1110. The van der Waals surface area contributed by atoms with Gasteiger partial charge in [-0.15, -0.1) is 0 Å². The van der Waals surface area contributed by atoms with Gasteiger partial charge in [-0.2, -0.15) is 0 Å². The second-order valence-corrected chi connectivity index (χ2v) is 7.32. The molecule has 0 aliphatic carbocycles. The van der Waals surface area contributed by atoms with Crippen LogP contribution in [-0.4, -0.2) is 19.9 Å². The van der Waals surface area contributed by atoms with E-state index in [4.69, 9.17) is 27.8 Å². The molecule has 4 aromatic rings. The van der Waals surface area contributed by atoms with Gasteiger partial charge >= 0.3 is 0 Å². The average Bonchev–Trinajstić information content (AvgIpc) is 2.78. The zero-order chi connectivity index (χ0) is 22.2. The van der Waals surface area contributed by atoms with Gasteiger partial charge in [0.1, 0.15) is 22.8 Å². The summed E-state index contributed by atoms with van der Waals surface area (Å²) in [5.74, 6) is 0.121. The molecule has 31 heavy (non-hydrogen) atoms. The quantitative estimate of drug-likeness (QED) is 0.406. The SMILES string of the molecule is Nc1cnc(-c2ccc(Cl)c(OCc3ccccc3)c2F)cn1.Nc1cnc(Br)cn1. The van der Waals surface area contributed by atoms with Crippen LogP contribution in [-0.2, 0) is 6.61 Å². The number of aromatic nitrogens is 4. The minimum absolute atomic E-state index is 0.00774. The molecule has 0 atom stereocenters. The molecule has 2 heterocycles. The van der Waals surface area contributed by atoms with Gasteiger partial charge < -0.3 is 16.2 Å². The summed E-state index contributed by atoms with van der Waals surface area (Å²) in [6.07, 6.45) is 5.82. The van der Waals surface area contributed by atoms with E-state index in [-0.39, 0.29) is 28.8 Å². The third-order valence-electron chi connectivity index (χ3n) is 3.86. The molecule has 0 radical (unpaired) electrons. The Hall–Kier alpha value is -3.30. The molecule has 2 aromatic carbocycles. The Labute approximate surface area is 191 Å². The van der Waals surface area contributed by atoms with Crippen molar-refractivity contribution in [2.75, 3.05) is 11.5 Å². The van der Waals surface area contributed by atoms with E-state index in [1.807, 2.05) is 30.3 Å². The van der Waals surface area contributed by atoms with Crippen LogP contribution in [0.1, 0.15) is 5.56 Å². The number of hydrogen-bond donors (Lipinski definition) is 2. The van der Waals surface area contributed by atoms with Gasteiger partial charge in [0.05, 0.1) is 35.5 Å². The number of rotatable bonds is 4. The van der Waals surface area contributed by atoms with Gasteiger partial charge in [0.15, 0.2) is 11.6 Å². The number of nitrogens with zero attached hydrogens (tertiary/aromatic N) is 4. The first kappa shape index (κ1) is 22.4. The van der Waals surface area contributed by atoms with Gasteiger partial charge in [-0.25, -0.2) is 19.3 Å². The number of nitrogens with two attached hydrogens (primary N) is 2. The lowest BCUT2D eigenvalue weighted by molar-refractivity contribution is 0.291. The van der Waals surface area contributed by atoms with Gasteiger partial charge in [-0.3, -0.25) is 4.98 Å². The monoisotopic (exact) mass is 502 g/mol. The van der Waals surface area contributed by atoms with Crippen molar-refractivity contribution >= 4 is 39.2 Å². The highest BCUT2D eigenvalue weighted by Crippen LogP contribution is 2.34. The van der Waals surface area contributed by atoms with E-state index in [0.29, 0.717) is 16.1 Å². The van der Waals surface area contributed by atoms with Crippen molar-refractivity contribution in [2.24, 2.45) is 0 Å². The van der Waals surface area contributed by atoms with Crippen molar-refractivity contribution in [2.45, 2.75) is 6.61 Å². The number of halogens is 3. The van der Waals surface area contributed by atoms with Gasteiger partial charge in [0.25, 0.3) is 0 Å². The molecule has 0 spiro atoms. The van der Waals surface area contributed by atoms with Crippen LogP contribution in [0.5, 0.6) is 5.75 Å². The zero-order valence-corrected chi connectivity index (χ0v) is 18.4. The average molecular weight is 504 g/mol. The topological polar surface area (TPSA) is 113 Å². The van der Waals surface area contributed by atoms with Crippen LogP contribution in [0.25, 0.3) is 11.3 Å². The smallest absolute Gasteiger partial charge is 0.176 e. The van der Waals surface area contributed by atoms with Gasteiger partial charge in [-0.1, -0.05) is 41.9 Å². The normalized spacial score (nSPS) is 10.2. The summed E-state index contributed by atoms with van der Waals surface area (Å²) >= 11 is 9.18. The first-order chi connectivity index (χ1) is 14.9. The molecule has 158 valence electrons. The lowest BCUT2D eigenvalue weighted by Gasteiger charge is -2.12. The van der Waals surface area contributed by atoms with Gasteiger partial charge in [0.2, 0.25) is 0 Å². The van der Waals surface area contributed by atoms with Crippen molar-refractivity contribution in [1.82, 2.24) is 19.9 Å². The highest BCUT2D eigenvalue weighted by Gasteiger charge is 2.16. The van der Waals surface area contributed by atoms with Gasteiger partial charge in [-0.05, 0) is 33.6 Å². The summed E-state index contributed by atoms with van der Waals surface area (Å²) in [6, 6.07) is 12.6. The molecule has 0 amide bonds. The van der Waals surface area contributed by atoms with Gasteiger partial charge in [0, 0.05) is 5.56 Å². The van der Waals surface area contributed by atoms with E-state index >= 15 is 0 Å². The van der Waals surface area contributed by atoms with Crippen LogP contribution >= 0.6 is 27.5 Å². The molecule has 4 rings (SSSR count). The van der Waals surface area contributed by atoms with E-state index in [0.717, 1.165) is 5.56 Å². The maximum Gasteiger partial charge on any atom is 0.176 e. The first-order valence-electron chi connectivity index (χ1n) is 8.89. The molecule has 0 aliphatic rings. The second kappa shape index (κ2) is 10.6. The fourth-order valence-corrected chi connectivity index (χ4v) is 2.80. The molecule has 4 N–H and O–H groups in total. The zero-order valence-electron chi connectivity index (χ0n) is 16.0. The highest BCUT2D eigenvalue weighted by atomic mass is 79.9. The molecule has 10 heteroatoms. The summed E-state index contributed by atoms with van der Waals surface area (Å²) in [5, 5.41) is 0.200. The second-order valence-electron chi connectivity index (χ2n) is 6.10. The number of benzene rings is 2. The summed E-state index contributed by atoms with van der Waals surface area (Å²) in [6.45, 7) is 0.217. The highest BCUT2D eigenvalue weighted by molar-refractivity contribution is 9.10. The van der Waals surface area contributed by atoms with E-state index in [1.54, 1.807) is 12.3 Å². The third-order valence-corrected chi connectivity index (χ3v) is 4.57. The van der Waals surface area contributed by atoms with E-state index in [2.05, 4.69) is 35.9 Å². The molecule has 0 unspecified atom stereocenters. The van der Waals surface area contributed by atoms with E-state index < -0.39 is 5.82 Å². The van der Waals surface area contributed by atoms with Crippen molar-refractivity contribution < 1.29 is 9.13 Å². The fraction of sp³-hybridized carbons (Fsp3) is 0.0476. The predicted molar refractivity (Wildman–Crippen MR) is 122 cm³/mol. The van der Waals surface area contributed by atoms with Crippen LogP contribution in [0.2, 0.25) is 5.02 Å². The summed E-state index contributed by atoms with van der Waals surface area (Å²) in [7, 11) is 0. The maximum absolute atomic E-state index is 14.7. The predicted octanol–water partition coefficient (Wildman–Crippen LogP) is 4.92. The Morgan fingerprint density at radius 2 is 1.55 bits per heavy atom. The van der Waals surface area contributed by atoms with Crippen LogP contribution in [0.15, 0.2) is 71.9 Å². The number of ether oxygens (including phenoxy) is 1. The molecule has 0 bridgehead atoms. The number of nitrogen functional groups attached to an aromatic ring is 2. The molecular formula is C21H17BrClFN6O. The lowest BCUT2D eigenvalue weighted by Crippen LogP contribution is -2.00. The molecule has 7 nitrogen and oxygen atoms in total. The first-order valence-corrected chi connectivity index (χ1v) is 10.1. The third kappa shape index (κ3) is 6.34. The Morgan fingerprint density at radius 3 is 2.13 bits per heavy atom. The fourth-order valence-electron chi connectivity index (χ4n) is 2.39. The maximum atomic E-state index is 14.7. The largest absolute Gasteiger partial charge is 0.484 e. The molecule has 0 fully saturated rings. The van der Waals surface area contributed by atoms with Crippen LogP contribution in [0, 0.1) is 5.82 Å². The molecule has 0 saturated heterocycles. The van der Waals surface area contributed by atoms with E-state index in [9.17, 15) is 4.39 Å². The molecule has 0 aliphatic heterocycles. The summed E-state index contributed by atoms with van der Waals surface area (Å²) in [4.78, 5) is 15.5. The van der Waals surface area contributed by atoms with Crippen molar-refractivity contribution in [3.63, 3.8) is 0 Å². The summed E-state index contributed by atoms with van der Waals surface area (Å²) in [5.41, 5.74) is 12.3. The number of hydrogen-bond acceptors (Lipinski definition) is 7. The lowest BCUT2D eigenvalue weighted by atomic mass is 10.1. The van der Waals surface area contributed by atoms with Crippen molar-refractivity contribution in [3.05, 3.63) is 88.3 Å². The van der Waals surface area contributed by atoms with Crippen LogP contribution < -0.4 is 16.2 Å². The Kier molecular flexibility index (Phi) is 7.69. The van der Waals surface area contributed by atoms with Crippen molar-refractivity contribution in [1.29, 1.82) is 0 Å².